The summed E-state index contributed by atoms with van der Waals surface area (Å²) in [6, 6.07) is 3.50. The fourth-order valence-corrected chi connectivity index (χ4v) is 2.16. The van der Waals surface area contributed by atoms with E-state index in [0.717, 1.165) is 26.2 Å². The van der Waals surface area contributed by atoms with Crippen LogP contribution in [0, 0.1) is 12.7 Å². The van der Waals surface area contributed by atoms with Crippen molar-refractivity contribution < 1.29 is 4.39 Å². The molecule has 1 aromatic rings. The van der Waals surface area contributed by atoms with Gasteiger partial charge in [0.15, 0.2) is 0 Å². The Kier molecular flexibility index (Phi) is 3.79. The molecule has 1 aliphatic rings. The van der Waals surface area contributed by atoms with Crippen molar-refractivity contribution in [2.75, 3.05) is 26.2 Å². The van der Waals surface area contributed by atoms with Gasteiger partial charge >= 0.3 is 0 Å². The summed E-state index contributed by atoms with van der Waals surface area (Å²) in [5.41, 5.74) is 1.29. The average Bonchev–Trinajstić information content (AvgIpc) is 2.31. The van der Waals surface area contributed by atoms with Crippen molar-refractivity contribution in [2.45, 2.75) is 13.5 Å². The predicted molar refractivity (Wildman–Crippen MR) is 64.3 cm³/mol. The molecule has 1 fully saturated rings. The van der Waals surface area contributed by atoms with E-state index in [-0.39, 0.29) is 5.82 Å². The molecule has 16 heavy (non-hydrogen) atoms. The van der Waals surface area contributed by atoms with E-state index >= 15 is 0 Å². The fourth-order valence-electron chi connectivity index (χ4n) is 1.95. The molecule has 1 heterocycles. The Bertz CT molecular complexity index is 376. The van der Waals surface area contributed by atoms with Gasteiger partial charge in [-0.05, 0) is 18.6 Å². The first-order valence-corrected chi connectivity index (χ1v) is 5.93. The van der Waals surface area contributed by atoms with Crippen molar-refractivity contribution in [1.82, 2.24) is 10.2 Å². The lowest BCUT2D eigenvalue weighted by Crippen LogP contribution is -2.43. The lowest BCUT2D eigenvalue weighted by Gasteiger charge is -2.27. The Hall–Kier alpha value is -0.640. The third kappa shape index (κ3) is 2.54. The van der Waals surface area contributed by atoms with E-state index < -0.39 is 0 Å². The maximum Gasteiger partial charge on any atom is 0.132 e. The summed E-state index contributed by atoms with van der Waals surface area (Å²) in [6.07, 6.45) is 0. The van der Waals surface area contributed by atoms with Crippen molar-refractivity contribution in [3.63, 3.8) is 0 Å². The third-order valence-corrected chi connectivity index (χ3v) is 3.32. The van der Waals surface area contributed by atoms with Gasteiger partial charge in [-0.3, -0.25) is 4.90 Å². The molecule has 4 heteroatoms. The molecule has 1 saturated heterocycles. The van der Waals surface area contributed by atoms with Gasteiger partial charge in [0.1, 0.15) is 5.82 Å². The van der Waals surface area contributed by atoms with Crippen LogP contribution in [0.4, 0.5) is 4.39 Å². The minimum Gasteiger partial charge on any atom is -0.314 e. The van der Waals surface area contributed by atoms with Gasteiger partial charge in [-0.1, -0.05) is 17.7 Å². The first-order valence-electron chi connectivity index (χ1n) is 5.55. The molecular formula is C12H16ClFN2. The second-order valence-corrected chi connectivity index (χ2v) is 4.59. The number of hydrogen-bond acceptors (Lipinski definition) is 2. The molecule has 0 aliphatic carbocycles. The van der Waals surface area contributed by atoms with E-state index in [1.807, 2.05) is 0 Å². The smallest absolute Gasteiger partial charge is 0.132 e. The zero-order valence-corrected chi connectivity index (χ0v) is 10.1. The van der Waals surface area contributed by atoms with Crippen molar-refractivity contribution in [3.8, 4) is 0 Å². The maximum atomic E-state index is 13.9. The van der Waals surface area contributed by atoms with E-state index in [0.29, 0.717) is 22.7 Å². The highest BCUT2D eigenvalue weighted by atomic mass is 35.5. The molecule has 0 aromatic heterocycles. The Morgan fingerprint density at radius 3 is 2.75 bits per heavy atom. The van der Waals surface area contributed by atoms with Gasteiger partial charge in [0.2, 0.25) is 0 Å². The third-order valence-electron chi connectivity index (χ3n) is 2.97. The summed E-state index contributed by atoms with van der Waals surface area (Å²) in [5, 5.41) is 3.80. The second-order valence-electron chi connectivity index (χ2n) is 4.18. The van der Waals surface area contributed by atoms with Crippen LogP contribution in [0.2, 0.25) is 5.02 Å². The van der Waals surface area contributed by atoms with Crippen LogP contribution in [0.1, 0.15) is 11.1 Å². The summed E-state index contributed by atoms with van der Waals surface area (Å²) >= 11 is 6.04. The number of benzene rings is 1. The number of rotatable bonds is 2. The fraction of sp³-hybridized carbons (Fsp3) is 0.500. The molecule has 88 valence electrons. The van der Waals surface area contributed by atoms with Gasteiger partial charge < -0.3 is 5.32 Å². The molecule has 1 aromatic carbocycles. The number of halogens is 2. The van der Waals surface area contributed by atoms with Gasteiger partial charge in [-0.15, -0.1) is 0 Å². The van der Waals surface area contributed by atoms with Crippen LogP contribution >= 0.6 is 11.6 Å². The van der Waals surface area contributed by atoms with E-state index in [1.165, 1.54) is 0 Å². The van der Waals surface area contributed by atoms with Gasteiger partial charge in [0, 0.05) is 43.3 Å². The summed E-state index contributed by atoms with van der Waals surface area (Å²) in [6.45, 7) is 6.20. The molecule has 1 aliphatic heterocycles. The molecular weight excluding hydrogens is 227 g/mol. The maximum absolute atomic E-state index is 13.9. The summed E-state index contributed by atoms with van der Waals surface area (Å²) in [7, 11) is 0. The summed E-state index contributed by atoms with van der Waals surface area (Å²) < 4.78 is 13.9. The van der Waals surface area contributed by atoms with Crippen molar-refractivity contribution in [1.29, 1.82) is 0 Å². The Labute approximate surface area is 100 Å². The average molecular weight is 243 g/mol. The minimum atomic E-state index is -0.161. The standard InChI is InChI=1S/C12H16ClFN2/c1-9-2-3-11(13)10(12(9)14)8-16-6-4-15-5-7-16/h2-3,15H,4-8H2,1H3. The van der Waals surface area contributed by atoms with Gasteiger partial charge in [0.25, 0.3) is 0 Å². The molecule has 0 radical (unpaired) electrons. The number of nitrogens with one attached hydrogen (secondary N) is 1. The highest BCUT2D eigenvalue weighted by molar-refractivity contribution is 6.31. The van der Waals surface area contributed by atoms with E-state index in [2.05, 4.69) is 10.2 Å². The van der Waals surface area contributed by atoms with Crippen LogP contribution in [0.25, 0.3) is 0 Å². The highest BCUT2D eigenvalue weighted by Crippen LogP contribution is 2.23. The predicted octanol–water partition coefficient (Wildman–Crippen LogP) is 2.19. The minimum absolute atomic E-state index is 0.161. The van der Waals surface area contributed by atoms with Crippen LogP contribution in [-0.4, -0.2) is 31.1 Å². The molecule has 0 atom stereocenters. The molecule has 1 N–H and O–H groups in total. The Balaban J connectivity index is 2.16. The first-order chi connectivity index (χ1) is 7.68. The Morgan fingerprint density at radius 1 is 1.38 bits per heavy atom. The highest BCUT2D eigenvalue weighted by Gasteiger charge is 2.15. The van der Waals surface area contributed by atoms with E-state index in [9.17, 15) is 4.39 Å². The topological polar surface area (TPSA) is 15.3 Å². The number of aryl methyl sites for hydroxylation is 1. The second kappa shape index (κ2) is 5.13. The first kappa shape index (κ1) is 11.8. The van der Waals surface area contributed by atoms with Crippen molar-refractivity contribution >= 4 is 11.6 Å². The van der Waals surface area contributed by atoms with Gasteiger partial charge in [-0.25, -0.2) is 4.39 Å². The number of nitrogens with zero attached hydrogens (tertiary/aromatic N) is 1. The molecule has 0 bridgehead atoms. The molecule has 0 unspecified atom stereocenters. The Morgan fingerprint density at radius 2 is 2.06 bits per heavy atom. The van der Waals surface area contributed by atoms with Crippen LogP contribution in [0.15, 0.2) is 12.1 Å². The molecule has 0 spiro atoms. The monoisotopic (exact) mass is 242 g/mol. The van der Waals surface area contributed by atoms with Gasteiger partial charge in [0.05, 0.1) is 0 Å². The van der Waals surface area contributed by atoms with Crippen molar-refractivity contribution in [3.05, 3.63) is 34.1 Å². The van der Waals surface area contributed by atoms with Crippen molar-refractivity contribution in [2.24, 2.45) is 0 Å². The van der Waals surface area contributed by atoms with E-state index in [1.54, 1.807) is 19.1 Å². The van der Waals surface area contributed by atoms with Crippen LogP contribution < -0.4 is 5.32 Å². The van der Waals surface area contributed by atoms with Gasteiger partial charge in [-0.2, -0.15) is 0 Å². The molecule has 2 rings (SSSR count). The van der Waals surface area contributed by atoms with E-state index in [4.69, 9.17) is 11.6 Å². The zero-order chi connectivity index (χ0) is 11.5. The molecule has 2 nitrogen and oxygen atoms in total. The largest absolute Gasteiger partial charge is 0.314 e. The quantitative estimate of drug-likeness (QED) is 0.856. The van der Waals surface area contributed by atoms with Crippen LogP contribution in [-0.2, 0) is 6.54 Å². The normalized spacial score (nSPS) is 17.7. The number of piperazine rings is 1. The zero-order valence-electron chi connectivity index (χ0n) is 9.39. The lowest BCUT2D eigenvalue weighted by molar-refractivity contribution is 0.230. The summed E-state index contributed by atoms with van der Waals surface area (Å²) in [4.78, 5) is 2.22. The van der Waals surface area contributed by atoms with Crippen LogP contribution in [0.5, 0.6) is 0 Å². The summed E-state index contributed by atoms with van der Waals surface area (Å²) in [5.74, 6) is -0.161. The molecule has 0 amide bonds. The lowest BCUT2D eigenvalue weighted by atomic mass is 10.1. The number of hydrogen-bond donors (Lipinski definition) is 1. The SMILES string of the molecule is Cc1ccc(Cl)c(CN2CCNCC2)c1F. The molecule has 0 saturated carbocycles. The van der Waals surface area contributed by atoms with Crippen LogP contribution in [0.3, 0.4) is 0 Å².